The first-order valence-corrected chi connectivity index (χ1v) is 8.17. The van der Waals surface area contributed by atoms with Crippen molar-refractivity contribution in [2.24, 2.45) is 7.05 Å². The number of aryl methyl sites for hydroxylation is 1. The van der Waals surface area contributed by atoms with E-state index in [4.69, 9.17) is 4.42 Å². The molecule has 0 spiro atoms. The summed E-state index contributed by atoms with van der Waals surface area (Å²) in [6.07, 6.45) is 3.85. The van der Waals surface area contributed by atoms with E-state index in [9.17, 15) is 8.42 Å². The van der Waals surface area contributed by atoms with Crippen molar-refractivity contribution in [3.63, 3.8) is 0 Å². The fraction of sp³-hybridized carbons (Fsp3) is 0.500. The van der Waals surface area contributed by atoms with E-state index in [1.807, 2.05) is 0 Å². The summed E-state index contributed by atoms with van der Waals surface area (Å²) in [5, 5.41) is 7.18. The van der Waals surface area contributed by atoms with Crippen molar-refractivity contribution >= 4 is 10.0 Å². The molecule has 114 valence electrons. The van der Waals surface area contributed by atoms with Gasteiger partial charge in [-0.15, -0.1) is 0 Å². The molecule has 0 aromatic carbocycles. The monoisotopic (exact) mass is 311 g/mol. The van der Waals surface area contributed by atoms with Crippen LogP contribution in [0.4, 0.5) is 0 Å². The van der Waals surface area contributed by atoms with E-state index in [0.29, 0.717) is 24.2 Å². The highest BCUT2D eigenvalue weighted by Crippen LogP contribution is 2.20. The van der Waals surface area contributed by atoms with Gasteiger partial charge in [-0.3, -0.25) is 4.68 Å². The minimum absolute atomic E-state index is 0.0273. The van der Waals surface area contributed by atoms with Gasteiger partial charge in [0.25, 0.3) is 10.0 Å². The molecule has 9 heteroatoms. The van der Waals surface area contributed by atoms with E-state index in [1.165, 1.54) is 29.9 Å². The third kappa shape index (κ3) is 3.69. The number of hydrogen-bond donors (Lipinski definition) is 2. The van der Waals surface area contributed by atoms with Crippen molar-refractivity contribution in [3.8, 4) is 0 Å². The number of aromatic nitrogens is 3. The smallest absolute Gasteiger partial charge is 0.274 e. The highest BCUT2D eigenvalue weighted by Gasteiger charge is 2.22. The van der Waals surface area contributed by atoms with Gasteiger partial charge in [-0.2, -0.15) is 5.10 Å². The molecule has 0 radical (unpaired) electrons. The summed E-state index contributed by atoms with van der Waals surface area (Å²) < 4.78 is 33.5. The van der Waals surface area contributed by atoms with E-state index in [2.05, 4.69) is 20.1 Å². The van der Waals surface area contributed by atoms with Crippen LogP contribution in [0.5, 0.6) is 0 Å². The van der Waals surface area contributed by atoms with Gasteiger partial charge in [-0.05, 0) is 25.0 Å². The fourth-order valence-corrected chi connectivity index (χ4v) is 2.75. The lowest BCUT2D eigenvalue weighted by Gasteiger charge is -2.02. The SMILES string of the molecule is Cn1cnc(CNS(=O)(=O)c2ccc(CNC3CC3)o2)n1. The van der Waals surface area contributed by atoms with E-state index < -0.39 is 10.0 Å². The van der Waals surface area contributed by atoms with Gasteiger partial charge in [0, 0.05) is 13.1 Å². The van der Waals surface area contributed by atoms with Crippen molar-refractivity contribution in [1.29, 1.82) is 0 Å². The molecule has 0 amide bonds. The quantitative estimate of drug-likeness (QED) is 0.754. The molecule has 1 aliphatic rings. The minimum Gasteiger partial charge on any atom is -0.447 e. The second-order valence-corrected chi connectivity index (χ2v) is 6.73. The van der Waals surface area contributed by atoms with Crippen LogP contribution in [0.25, 0.3) is 0 Å². The minimum atomic E-state index is -3.69. The van der Waals surface area contributed by atoms with Crippen molar-refractivity contribution in [2.45, 2.75) is 37.1 Å². The third-order valence-electron chi connectivity index (χ3n) is 3.11. The first kappa shape index (κ1) is 14.2. The van der Waals surface area contributed by atoms with Gasteiger partial charge < -0.3 is 9.73 Å². The summed E-state index contributed by atoms with van der Waals surface area (Å²) in [5.41, 5.74) is 0. The lowest BCUT2D eigenvalue weighted by Crippen LogP contribution is -2.23. The van der Waals surface area contributed by atoms with Gasteiger partial charge in [-0.1, -0.05) is 0 Å². The van der Waals surface area contributed by atoms with Crippen LogP contribution < -0.4 is 10.0 Å². The maximum absolute atomic E-state index is 12.1. The molecule has 2 heterocycles. The molecule has 0 aliphatic heterocycles. The largest absolute Gasteiger partial charge is 0.447 e. The second-order valence-electron chi connectivity index (χ2n) is 5.03. The van der Waals surface area contributed by atoms with E-state index in [0.717, 1.165) is 0 Å². The molecule has 2 N–H and O–H groups in total. The Morgan fingerprint density at radius 1 is 1.38 bits per heavy atom. The number of rotatable bonds is 7. The lowest BCUT2D eigenvalue weighted by atomic mass is 10.4. The summed E-state index contributed by atoms with van der Waals surface area (Å²) in [7, 11) is -1.97. The summed E-state index contributed by atoms with van der Waals surface area (Å²) in [6, 6.07) is 3.67. The molecule has 1 saturated carbocycles. The van der Waals surface area contributed by atoms with Crippen LogP contribution in [0, 0.1) is 0 Å². The third-order valence-corrected chi connectivity index (χ3v) is 4.39. The van der Waals surface area contributed by atoms with E-state index in [1.54, 1.807) is 13.1 Å². The molecule has 0 atom stereocenters. The molecule has 2 aromatic heterocycles. The highest BCUT2D eigenvalue weighted by molar-refractivity contribution is 7.89. The highest BCUT2D eigenvalue weighted by atomic mass is 32.2. The Labute approximate surface area is 122 Å². The number of nitrogens with zero attached hydrogens (tertiary/aromatic N) is 3. The van der Waals surface area contributed by atoms with Gasteiger partial charge in [0.15, 0.2) is 5.82 Å². The van der Waals surface area contributed by atoms with Crippen LogP contribution >= 0.6 is 0 Å². The zero-order valence-electron chi connectivity index (χ0n) is 11.6. The molecule has 0 saturated heterocycles. The van der Waals surface area contributed by atoms with Crippen LogP contribution in [0.1, 0.15) is 24.4 Å². The van der Waals surface area contributed by atoms with Gasteiger partial charge >= 0.3 is 0 Å². The zero-order valence-corrected chi connectivity index (χ0v) is 12.4. The topological polar surface area (TPSA) is 102 Å². The van der Waals surface area contributed by atoms with Crippen molar-refractivity contribution < 1.29 is 12.8 Å². The average Bonchev–Trinajstić information content (AvgIpc) is 2.97. The first-order chi connectivity index (χ1) is 10.0. The summed E-state index contributed by atoms with van der Waals surface area (Å²) in [6.45, 7) is 0.571. The van der Waals surface area contributed by atoms with Crippen molar-refractivity contribution in [2.75, 3.05) is 0 Å². The number of hydrogen-bond acceptors (Lipinski definition) is 6. The van der Waals surface area contributed by atoms with E-state index >= 15 is 0 Å². The van der Waals surface area contributed by atoms with Crippen molar-refractivity contribution in [1.82, 2.24) is 24.8 Å². The molecular weight excluding hydrogens is 294 g/mol. The fourth-order valence-electron chi connectivity index (χ4n) is 1.83. The molecule has 21 heavy (non-hydrogen) atoms. The Kier molecular flexibility index (Phi) is 3.79. The molecule has 3 rings (SSSR count). The number of nitrogens with one attached hydrogen (secondary N) is 2. The zero-order chi connectivity index (χ0) is 14.9. The predicted molar refractivity (Wildman–Crippen MR) is 73.6 cm³/mol. The average molecular weight is 311 g/mol. The standard InChI is InChI=1S/C12H17N5O3S/c1-17-8-14-11(16-17)7-15-21(18,19)12-5-4-10(20-12)6-13-9-2-3-9/h4-5,8-9,13,15H,2-3,6-7H2,1H3. The van der Waals surface area contributed by atoms with Gasteiger partial charge in [0.1, 0.15) is 12.1 Å². The molecule has 0 unspecified atom stereocenters. The Morgan fingerprint density at radius 2 is 2.19 bits per heavy atom. The first-order valence-electron chi connectivity index (χ1n) is 6.69. The number of sulfonamides is 1. The Morgan fingerprint density at radius 3 is 2.86 bits per heavy atom. The molecule has 1 aliphatic carbocycles. The normalized spacial score (nSPS) is 15.5. The molecule has 2 aromatic rings. The maximum Gasteiger partial charge on any atom is 0.274 e. The molecule has 8 nitrogen and oxygen atoms in total. The summed E-state index contributed by atoms with van der Waals surface area (Å²) >= 11 is 0. The Hall–Kier alpha value is -1.71. The van der Waals surface area contributed by atoms with Gasteiger partial charge in [0.05, 0.1) is 13.1 Å². The van der Waals surface area contributed by atoms with Crippen LogP contribution in [-0.2, 0) is 30.2 Å². The maximum atomic E-state index is 12.1. The van der Waals surface area contributed by atoms with Crippen LogP contribution in [0.3, 0.4) is 0 Å². The van der Waals surface area contributed by atoms with Gasteiger partial charge in [0.2, 0.25) is 5.09 Å². The molecule has 0 bridgehead atoms. The number of furan rings is 1. The van der Waals surface area contributed by atoms with E-state index in [-0.39, 0.29) is 11.6 Å². The van der Waals surface area contributed by atoms with Gasteiger partial charge in [-0.25, -0.2) is 18.1 Å². The predicted octanol–water partition coefficient (Wildman–Crippen LogP) is 0.139. The van der Waals surface area contributed by atoms with Crippen LogP contribution in [0.15, 0.2) is 28.0 Å². The summed E-state index contributed by atoms with van der Waals surface area (Å²) in [4.78, 5) is 3.96. The summed E-state index contributed by atoms with van der Waals surface area (Å²) in [5.74, 6) is 1.02. The van der Waals surface area contributed by atoms with Crippen LogP contribution in [-0.4, -0.2) is 29.2 Å². The van der Waals surface area contributed by atoms with Crippen LogP contribution in [0.2, 0.25) is 0 Å². The molecular formula is C12H17N5O3S. The Bertz CT molecular complexity index is 717. The Balaban J connectivity index is 1.60. The lowest BCUT2D eigenvalue weighted by molar-refractivity contribution is 0.399. The molecule has 1 fully saturated rings. The second kappa shape index (κ2) is 5.58. The van der Waals surface area contributed by atoms with Crippen molar-refractivity contribution in [3.05, 3.63) is 30.0 Å².